The van der Waals surface area contributed by atoms with Crippen molar-refractivity contribution in [1.82, 2.24) is 0 Å². The maximum Gasteiger partial charge on any atom is 0.00354 e. The van der Waals surface area contributed by atoms with Crippen LogP contribution < -0.4 is 0 Å². The smallest absolute Gasteiger partial charge is 0.00354 e. The third kappa shape index (κ3) is 3.28. The van der Waals surface area contributed by atoms with Crippen LogP contribution in [-0.4, -0.2) is 10.2 Å². The summed E-state index contributed by atoms with van der Waals surface area (Å²) in [6, 6.07) is 1.63. The molecule has 0 N–H and O–H groups in total. The Balaban J connectivity index is 1.85. The van der Waals surface area contributed by atoms with Gasteiger partial charge in [0.1, 0.15) is 0 Å². The first-order chi connectivity index (χ1) is 10.4. The average Bonchev–Trinajstić information content (AvgIpc) is 2.59. The van der Waals surface area contributed by atoms with E-state index in [4.69, 9.17) is 0 Å². The summed E-state index contributed by atoms with van der Waals surface area (Å²) in [5.74, 6) is 3.36. The molecular weight excluding hydrogens is 268 g/mol. The number of hydrogen-bond donors (Lipinski definition) is 0. The van der Waals surface area contributed by atoms with Gasteiger partial charge in [0, 0.05) is 10.2 Å². The fourth-order valence-corrected chi connectivity index (χ4v) is 8.52. The van der Waals surface area contributed by atoms with E-state index < -0.39 is 0 Å². The normalized spacial score (nSPS) is 28.0. The van der Waals surface area contributed by atoms with Crippen LogP contribution in [0.25, 0.3) is 0 Å². The molecule has 3 fully saturated rings. The number of hydrogen-bond acceptors (Lipinski definition) is 0. The van der Waals surface area contributed by atoms with Crippen LogP contribution in [0, 0.1) is 23.2 Å². The summed E-state index contributed by atoms with van der Waals surface area (Å²) in [5.41, 5.74) is 0.813. The minimum absolute atomic E-state index is 0.813. The molecule has 0 aromatic carbocycles. The van der Waals surface area contributed by atoms with Crippen LogP contribution in [0.3, 0.4) is 0 Å². The summed E-state index contributed by atoms with van der Waals surface area (Å²) < 4.78 is 0. The Morgan fingerprint density at radius 1 is 0.524 bits per heavy atom. The predicted molar refractivity (Wildman–Crippen MR) is 96.9 cm³/mol. The third-order valence-electron chi connectivity index (χ3n) is 7.71. The van der Waals surface area contributed by atoms with Crippen LogP contribution in [0.15, 0.2) is 0 Å². The molecule has 3 rings (SSSR count). The molecule has 0 atom stereocenters. The molecule has 0 nitrogen and oxygen atoms in total. The highest BCUT2D eigenvalue weighted by molar-refractivity contribution is 6.09. The Hall–Kier alpha value is 0.217. The summed E-state index contributed by atoms with van der Waals surface area (Å²) in [7, 11) is 1.45. The summed E-state index contributed by atoms with van der Waals surface area (Å²) >= 11 is 0. The van der Waals surface area contributed by atoms with Crippen molar-refractivity contribution < 1.29 is 0 Å². The highest BCUT2D eigenvalue weighted by atomic mass is 28.1. The third-order valence-corrected chi connectivity index (χ3v) is 8.93. The van der Waals surface area contributed by atoms with Gasteiger partial charge in [0.2, 0.25) is 0 Å². The average molecular weight is 307 g/mol. The van der Waals surface area contributed by atoms with Gasteiger partial charge < -0.3 is 0 Å². The van der Waals surface area contributed by atoms with Gasteiger partial charge in [0.25, 0.3) is 0 Å². The lowest BCUT2D eigenvalue weighted by atomic mass is 9.52. The van der Waals surface area contributed by atoms with E-state index in [-0.39, 0.29) is 0 Å². The summed E-state index contributed by atoms with van der Waals surface area (Å²) in [6.45, 7) is 0. The van der Waals surface area contributed by atoms with Crippen molar-refractivity contribution in [1.29, 1.82) is 0 Å². The molecule has 0 amide bonds. The second kappa shape index (κ2) is 7.66. The Morgan fingerprint density at radius 3 is 1.05 bits per heavy atom. The lowest BCUT2D eigenvalue weighted by Crippen LogP contribution is -2.46. The van der Waals surface area contributed by atoms with Gasteiger partial charge >= 0.3 is 0 Å². The second-order valence-electron chi connectivity index (χ2n) is 8.47. The summed E-state index contributed by atoms with van der Waals surface area (Å²) in [6.07, 6.45) is 23.4. The second-order valence-corrected chi connectivity index (χ2v) is 9.18. The highest BCUT2D eigenvalue weighted by Crippen LogP contribution is 2.58. The Bertz CT molecular complexity index is 247. The molecule has 21 heavy (non-hydrogen) atoms. The maximum absolute atomic E-state index is 1.63. The van der Waals surface area contributed by atoms with Gasteiger partial charge in [-0.25, -0.2) is 0 Å². The first-order valence-electron chi connectivity index (χ1n) is 10.4. The Morgan fingerprint density at radius 2 is 0.810 bits per heavy atom. The van der Waals surface area contributed by atoms with Crippen LogP contribution in [0.4, 0.5) is 0 Å². The van der Waals surface area contributed by atoms with Crippen molar-refractivity contribution in [2.75, 3.05) is 0 Å². The summed E-state index contributed by atoms with van der Waals surface area (Å²) in [5, 5.41) is 0. The minimum atomic E-state index is 0.813. The van der Waals surface area contributed by atoms with E-state index in [2.05, 4.69) is 0 Å². The van der Waals surface area contributed by atoms with Crippen LogP contribution in [-0.2, 0) is 0 Å². The first kappa shape index (κ1) is 16.1. The van der Waals surface area contributed by atoms with E-state index in [9.17, 15) is 0 Å². The molecule has 0 unspecified atom stereocenters. The fourth-order valence-electron chi connectivity index (χ4n) is 6.79. The zero-order chi connectivity index (χ0) is 14.5. The molecule has 0 aliphatic heterocycles. The highest BCUT2D eigenvalue weighted by Gasteiger charge is 2.48. The van der Waals surface area contributed by atoms with Gasteiger partial charge in [-0.2, -0.15) is 0 Å². The zero-order valence-corrected chi connectivity index (χ0v) is 16.5. The Kier molecular flexibility index (Phi) is 5.87. The molecule has 0 aromatic heterocycles. The molecule has 0 heterocycles. The monoisotopic (exact) mass is 306 g/mol. The van der Waals surface area contributed by atoms with Crippen LogP contribution in [0.2, 0.25) is 6.04 Å². The molecule has 3 saturated carbocycles. The molecular formula is C20H38Si. The van der Waals surface area contributed by atoms with Crippen molar-refractivity contribution in [3.8, 4) is 0 Å². The van der Waals surface area contributed by atoms with Crippen molar-refractivity contribution in [2.24, 2.45) is 23.2 Å². The standard InChI is InChI=1S/C20H38Si/c21-16-20(17-10-4-1-5-11-17,18-12-6-2-7-13-18)19-14-8-3-9-15-19/h17-19H,1-16H2,21H3. The topological polar surface area (TPSA) is 0 Å². The van der Waals surface area contributed by atoms with Crippen molar-refractivity contribution in [2.45, 2.75) is 102 Å². The maximum atomic E-state index is 1.63. The predicted octanol–water partition coefficient (Wildman–Crippen LogP) is 5.50. The van der Waals surface area contributed by atoms with Gasteiger partial charge in [-0.3, -0.25) is 0 Å². The van der Waals surface area contributed by atoms with Gasteiger partial charge in [-0.05, 0) is 61.7 Å². The van der Waals surface area contributed by atoms with E-state index in [0.29, 0.717) is 0 Å². The molecule has 0 saturated heterocycles. The molecule has 0 aromatic rings. The largest absolute Gasteiger partial charge is 0.0595 e. The Labute approximate surface area is 136 Å². The number of rotatable bonds is 4. The van der Waals surface area contributed by atoms with E-state index in [1.807, 2.05) is 0 Å². The lowest BCUT2D eigenvalue weighted by molar-refractivity contribution is -0.0310. The molecule has 3 aliphatic carbocycles. The van der Waals surface area contributed by atoms with Crippen molar-refractivity contribution in [3.05, 3.63) is 0 Å². The zero-order valence-electron chi connectivity index (χ0n) is 14.5. The van der Waals surface area contributed by atoms with E-state index >= 15 is 0 Å². The quantitative estimate of drug-likeness (QED) is 0.602. The lowest BCUT2D eigenvalue weighted by Gasteiger charge is -2.55. The molecule has 0 bridgehead atoms. The fraction of sp³-hybridized carbons (Fsp3) is 1.00. The van der Waals surface area contributed by atoms with Gasteiger partial charge in [-0.15, -0.1) is 0 Å². The van der Waals surface area contributed by atoms with E-state index in [0.717, 1.165) is 23.2 Å². The summed E-state index contributed by atoms with van der Waals surface area (Å²) in [4.78, 5) is 0. The molecule has 0 radical (unpaired) electrons. The minimum Gasteiger partial charge on any atom is -0.0595 e. The van der Waals surface area contributed by atoms with E-state index in [1.165, 1.54) is 29.5 Å². The van der Waals surface area contributed by atoms with Gasteiger partial charge in [0.05, 0.1) is 0 Å². The van der Waals surface area contributed by atoms with Crippen molar-refractivity contribution >= 4 is 10.2 Å². The molecule has 3 aliphatic rings. The molecule has 122 valence electrons. The first-order valence-corrected chi connectivity index (χ1v) is 11.8. The van der Waals surface area contributed by atoms with Crippen LogP contribution in [0.5, 0.6) is 0 Å². The SMILES string of the molecule is [SiH3]CC(C1CCCCC1)(C1CCCCC1)C1CCCCC1. The van der Waals surface area contributed by atoms with Crippen LogP contribution >= 0.6 is 0 Å². The van der Waals surface area contributed by atoms with E-state index in [1.54, 1.807) is 83.1 Å². The van der Waals surface area contributed by atoms with Gasteiger partial charge in [0.15, 0.2) is 0 Å². The molecule has 0 spiro atoms. The van der Waals surface area contributed by atoms with Crippen molar-refractivity contribution in [3.63, 3.8) is 0 Å². The molecule has 1 heteroatoms. The van der Waals surface area contributed by atoms with Gasteiger partial charge in [-0.1, -0.05) is 63.8 Å². The van der Waals surface area contributed by atoms with Crippen LogP contribution in [0.1, 0.15) is 96.3 Å².